The van der Waals surface area contributed by atoms with Gasteiger partial charge in [-0.1, -0.05) is 81.4 Å². The minimum absolute atomic E-state index is 0.194. The van der Waals surface area contributed by atoms with Crippen LogP contribution in [0.1, 0.15) is 20.8 Å². The molecule has 29 heavy (non-hydrogen) atoms. The van der Waals surface area contributed by atoms with Crippen LogP contribution in [0.25, 0.3) is 0 Å². The molecule has 0 heterocycles. The van der Waals surface area contributed by atoms with E-state index in [1.807, 2.05) is 60.7 Å². The summed E-state index contributed by atoms with van der Waals surface area (Å²) in [6.45, 7) is 5.71. The van der Waals surface area contributed by atoms with Gasteiger partial charge in [0.2, 0.25) is 0 Å². The molecule has 0 aliphatic carbocycles. The van der Waals surface area contributed by atoms with Crippen molar-refractivity contribution in [3.05, 3.63) is 60.7 Å². The van der Waals surface area contributed by atoms with Gasteiger partial charge in [-0.3, -0.25) is 13.6 Å². The van der Waals surface area contributed by atoms with E-state index in [1.165, 1.54) is 14.2 Å². The van der Waals surface area contributed by atoms with Crippen LogP contribution in [-0.2, 0) is 22.6 Å². The maximum Gasteiger partial charge on any atom is 0.474 e. The SMILES string of the molecule is COP(=O)(OC)OCC(F)CO[Si](c1ccccc1)(c1ccccc1)C(C)(C)C. The quantitative estimate of drug-likeness (QED) is 0.407. The Kier molecular flexibility index (Phi) is 8.34. The van der Waals surface area contributed by atoms with Crippen LogP contribution >= 0.6 is 7.82 Å². The van der Waals surface area contributed by atoms with Gasteiger partial charge in [0.1, 0.15) is 6.17 Å². The van der Waals surface area contributed by atoms with Gasteiger partial charge in [-0.05, 0) is 15.4 Å². The number of alkyl halides is 1. The maximum absolute atomic E-state index is 14.7. The molecule has 0 aromatic heterocycles. The summed E-state index contributed by atoms with van der Waals surface area (Å²) in [6, 6.07) is 20.0. The molecule has 2 aromatic rings. The molecule has 0 spiro atoms. The molecule has 8 heteroatoms. The smallest absolute Gasteiger partial charge is 0.404 e. The van der Waals surface area contributed by atoms with Crippen molar-refractivity contribution in [3.63, 3.8) is 0 Å². The molecule has 0 bridgehead atoms. The van der Waals surface area contributed by atoms with Gasteiger partial charge in [-0.25, -0.2) is 8.96 Å². The molecule has 0 aliphatic rings. The van der Waals surface area contributed by atoms with Crippen molar-refractivity contribution in [1.82, 2.24) is 0 Å². The molecule has 0 fully saturated rings. The summed E-state index contributed by atoms with van der Waals surface area (Å²) in [4.78, 5) is 0. The van der Waals surface area contributed by atoms with Gasteiger partial charge in [0.25, 0.3) is 8.32 Å². The van der Waals surface area contributed by atoms with Crippen molar-refractivity contribution in [2.45, 2.75) is 32.0 Å². The molecule has 0 N–H and O–H groups in total. The Morgan fingerprint density at radius 1 is 0.897 bits per heavy atom. The fraction of sp³-hybridized carbons (Fsp3) is 0.429. The number of phosphoric acid groups is 1. The normalized spacial score (nSPS) is 14.0. The summed E-state index contributed by atoms with van der Waals surface area (Å²) in [5, 5.41) is 1.86. The molecule has 2 rings (SSSR count). The third-order valence-electron chi connectivity index (χ3n) is 4.76. The number of hydrogen-bond acceptors (Lipinski definition) is 5. The second-order valence-electron chi connectivity index (χ2n) is 7.68. The number of halogens is 1. The Balaban J connectivity index is 2.33. The van der Waals surface area contributed by atoms with E-state index in [4.69, 9.17) is 8.95 Å². The highest BCUT2D eigenvalue weighted by Gasteiger charge is 2.50. The predicted octanol–water partition coefficient (Wildman–Crippen LogP) is 4.32. The van der Waals surface area contributed by atoms with Crippen molar-refractivity contribution in [3.8, 4) is 0 Å². The number of benzene rings is 2. The minimum atomic E-state index is -3.73. The zero-order valence-electron chi connectivity index (χ0n) is 17.6. The number of hydrogen-bond donors (Lipinski definition) is 0. The first-order chi connectivity index (χ1) is 13.7. The second-order valence-corrected chi connectivity index (χ2v) is 13.9. The first-order valence-corrected chi connectivity index (χ1v) is 12.8. The van der Waals surface area contributed by atoms with Gasteiger partial charge in [0.05, 0.1) is 13.2 Å². The Hall–Kier alpha value is -1.34. The standard InChI is InChI=1S/C21H30FO5PSi/c1-21(2,3)29(19-12-8-6-9-13-19,20-14-10-7-11-15-20)27-17-18(22)16-26-28(23,24-4)25-5/h6-15,18H,16-17H2,1-5H3. The number of rotatable bonds is 10. The maximum atomic E-state index is 14.7. The van der Waals surface area contributed by atoms with Crippen LogP contribution in [0.2, 0.25) is 5.04 Å². The lowest BCUT2D eigenvalue weighted by atomic mass is 10.2. The van der Waals surface area contributed by atoms with Crippen LogP contribution in [0.3, 0.4) is 0 Å². The molecular weight excluding hydrogens is 410 g/mol. The van der Waals surface area contributed by atoms with E-state index in [2.05, 4.69) is 29.8 Å². The van der Waals surface area contributed by atoms with Crippen molar-refractivity contribution in [2.75, 3.05) is 27.4 Å². The van der Waals surface area contributed by atoms with Crippen molar-refractivity contribution in [2.24, 2.45) is 0 Å². The number of phosphoric ester groups is 1. The molecular formula is C21H30FO5PSi. The largest absolute Gasteiger partial charge is 0.474 e. The zero-order chi connectivity index (χ0) is 21.5. The molecule has 0 saturated heterocycles. The van der Waals surface area contributed by atoms with E-state index in [-0.39, 0.29) is 11.6 Å². The van der Waals surface area contributed by atoms with Gasteiger partial charge in [0.15, 0.2) is 0 Å². The monoisotopic (exact) mass is 440 g/mol. The summed E-state index contributed by atoms with van der Waals surface area (Å²) in [7, 11) is -4.18. The summed E-state index contributed by atoms with van der Waals surface area (Å²) in [5.41, 5.74) is 0. The van der Waals surface area contributed by atoms with Crippen molar-refractivity contribution >= 4 is 26.5 Å². The van der Waals surface area contributed by atoms with E-state index in [9.17, 15) is 8.96 Å². The molecule has 1 atom stereocenters. The van der Waals surface area contributed by atoms with Crippen LogP contribution < -0.4 is 10.4 Å². The van der Waals surface area contributed by atoms with E-state index in [0.717, 1.165) is 10.4 Å². The lowest BCUT2D eigenvalue weighted by Gasteiger charge is -2.43. The van der Waals surface area contributed by atoms with Gasteiger partial charge in [0, 0.05) is 14.2 Å². The fourth-order valence-corrected chi connectivity index (χ4v) is 8.67. The van der Waals surface area contributed by atoms with Gasteiger partial charge >= 0.3 is 7.82 Å². The molecule has 0 saturated carbocycles. The zero-order valence-corrected chi connectivity index (χ0v) is 19.5. The Labute approximate surface area is 173 Å². The van der Waals surface area contributed by atoms with Crippen molar-refractivity contribution in [1.29, 1.82) is 0 Å². The van der Waals surface area contributed by atoms with E-state index in [1.54, 1.807) is 0 Å². The molecule has 0 aliphatic heterocycles. The third-order valence-corrected chi connectivity index (χ3v) is 11.1. The molecule has 5 nitrogen and oxygen atoms in total. The van der Waals surface area contributed by atoms with Crippen LogP contribution in [-0.4, -0.2) is 41.9 Å². The fourth-order valence-electron chi connectivity index (χ4n) is 3.38. The van der Waals surface area contributed by atoms with Crippen molar-refractivity contribution < 1.29 is 27.0 Å². The van der Waals surface area contributed by atoms with E-state index >= 15 is 0 Å². The molecule has 160 valence electrons. The first-order valence-electron chi connectivity index (χ1n) is 9.43. The van der Waals surface area contributed by atoms with Crippen LogP contribution in [0.5, 0.6) is 0 Å². The third kappa shape index (κ3) is 5.63. The first kappa shape index (κ1) is 23.9. The Morgan fingerprint density at radius 2 is 1.34 bits per heavy atom. The second kappa shape index (κ2) is 10.1. The molecule has 0 amide bonds. The van der Waals surface area contributed by atoms with Gasteiger partial charge < -0.3 is 4.43 Å². The molecule has 2 aromatic carbocycles. The summed E-state index contributed by atoms with van der Waals surface area (Å²) in [6.07, 6.45) is -1.49. The topological polar surface area (TPSA) is 54.0 Å². The Bertz CT molecular complexity index is 750. The summed E-state index contributed by atoms with van der Waals surface area (Å²) in [5.74, 6) is 0. The Morgan fingerprint density at radius 3 is 1.72 bits per heavy atom. The minimum Gasteiger partial charge on any atom is -0.404 e. The highest BCUT2D eigenvalue weighted by atomic mass is 31.2. The average Bonchev–Trinajstić information content (AvgIpc) is 2.73. The van der Waals surface area contributed by atoms with Gasteiger partial charge in [-0.2, -0.15) is 0 Å². The average molecular weight is 441 g/mol. The van der Waals surface area contributed by atoms with Crippen LogP contribution in [0.15, 0.2) is 60.7 Å². The molecule has 0 radical (unpaired) electrons. The molecule has 1 unspecified atom stereocenters. The van der Waals surface area contributed by atoms with Crippen LogP contribution in [0, 0.1) is 0 Å². The lowest BCUT2D eigenvalue weighted by molar-refractivity contribution is 0.0909. The van der Waals surface area contributed by atoms with E-state index < -0.39 is 28.9 Å². The highest BCUT2D eigenvalue weighted by molar-refractivity contribution is 7.48. The van der Waals surface area contributed by atoms with Gasteiger partial charge in [-0.15, -0.1) is 0 Å². The van der Waals surface area contributed by atoms with E-state index in [0.29, 0.717) is 0 Å². The van der Waals surface area contributed by atoms with Crippen LogP contribution in [0.4, 0.5) is 4.39 Å². The summed E-state index contributed by atoms with van der Waals surface area (Å²) < 4.78 is 47.6. The highest BCUT2D eigenvalue weighted by Crippen LogP contribution is 2.47. The summed E-state index contributed by atoms with van der Waals surface area (Å²) >= 11 is 0. The predicted molar refractivity (Wildman–Crippen MR) is 116 cm³/mol. The lowest BCUT2D eigenvalue weighted by Crippen LogP contribution is -2.67.